The highest BCUT2D eigenvalue weighted by molar-refractivity contribution is 6.34. The van der Waals surface area contributed by atoms with Gasteiger partial charge in [0.2, 0.25) is 0 Å². The Morgan fingerprint density at radius 1 is 1.14 bits per heavy atom. The lowest BCUT2D eigenvalue weighted by Gasteiger charge is -2.44. The van der Waals surface area contributed by atoms with Gasteiger partial charge >= 0.3 is 0 Å². The van der Waals surface area contributed by atoms with Crippen molar-refractivity contribution < 1.29 is 14.3 Å². The van der Waals surface area contributed by atoms with Crippen molar-refractivity contribution in [3.05, 3.63) is 28.8 Å². The summed E-state index contributed by atoms with van der Waals surface area (Å²) >= 11 is 6.46. The zero-order chi connectivity index (χ0) is 19.5. The molecule has 3 fully saturated rings. The minimum absolute atomic E-state index is 0.00935. The van der Waals surface area contributed by atoms with Crippen LogP contribution in [-0.4, -0.2) is 67.2 Å². The second-order valence-corrected chi connectivity index (χ2v) is 8.76. The summed E-state index contributed by atoms with van der Waals surface area (Å²) in [6.45, 7) is 3.81. The average molecular weight is 407 g/mol. The molecule has 1 aliphatic carbocycles. The summed E-state index contributed by atoms with van der Waals surface area (Å²) < 4.78 is 11.4. The summed E-state index contributed by atoms with van der Waals surface area (Å²) in [4.78, 5) is 17.4. The molecule has 5 nitrogen and oxygen atoms in total. The quantitative estimate of drug-likeness (QED) is 0.716. The van der Waals surface area contributed by atoms with Crippen LogP contribution in [0.15, 0.2) is 18.2 Å². The number of rotatable bonds is 6. The fourth-order valence-electron chi connectivity index (χ4n) is 4.77. The molecule has 0 N–H and O–H groups in total. The van der Waals surface area contributed by atoms with Crippen LogP contribution in [0.5, 0.6) is 5.75 Å². The maximum absolute atomic E-state index is 12.9. The van der Waals surface area contributed by atoms with Crippen LogP contribution in [0.3, 0.4) is 0 Å². The van der Waals surface area contributed by atoms with Crippen LogP contribution in [0.25, 0.3) is 0 Å². The van der Waals surface area contributed by atoms with Gasteiger partial charge in [0.15, 0.2) is 0 Å². The molecule has 2 saturated heterocycles. The molecule has 1 unspecified atom stereocenters. The molecule has 1 saturated carbocycles. The van der Waals surface area contributed by atoms with Gasteiger partial charge < -0.3 is 19.3 Å². The van der Waals surface area contributed by atoms with Crippen LogP contribution in [0.2, 0.25) is 5.02 Å². The molecule has 0 aromatic heterocycles. The first-order chi connectivity index (χ1) is 13.7. The lowest BCUT2D eigenvalue weighted by atomic mass is 9.86. The Bertz CT molecular complexity index is 686. The van der Waals surface area contributed by atoms with Crippen molar-refractivity contribution in [2.24, 2.45) is 0 Å². The van der Waals surface area contributed by atoms with E-state index in [9.17, 15) is 4.79 Å². The molecule has 1 aromatic carbocycles. The number of benzene rings is 1. The maximum Gasteiger partial charge on any atom is 0.255 e. The lowest BCUT2D eigenvalue weighted by molar-refractivity contribution is 0.00892. The molecule has 0 spiro atoms. The standard InChI is InChI=1S/C22H31ClN2O3/c1-27-15-16-6-5-11-25(16)22(26)20-8-7-18(14-21(20)23)28-19-12-17(13-19)24-9-3-2-4-10-24/h7-8,14,16-17,19H,2-6,9-13,15H2,1H3/t16?,17-,19-. The van der Waals surface area contributed by atoms with E-state index in [1.165, 1.54) is 32.4 Å². The maximum atomic E-state index is 12.9. The number of ether oxygens (including phenoxy) is 2. The molecule has 3 aliphatic rings. The molecule has 0 bridgehead atoms. The molecular formula is C22H31ClN2O3. The second-order valence-electron chi connectivity index (χ2n) is 8.35. The van der Waals surface area contributed by atoms with Gasteiger partial charge in [-0.25, -0.2) is 0 Å². The van der Waals surface area contributed by atoms with Crippen molar-refractivity contribution in [3.8, 4) is 5.75 Å². The van der Waals surface area contributed by atoms with Crippen LogP contribution in [-0.2, 0) is 4.74 Å². The summed E-state index contributed by atoms with van der Waals surface area (Å²) in [6, 6.07) is 6.31. The van der Waals surface area contributed by atoms with Gasteiger partial charge in [0, 0.05) is 32.5 Å². The molecular weight excluding hydrogens is 376 g/mol. The Labute approximate surface area is 172 Å². The van der Waals surface area contributed by atoms with Gasteiger partial charge in [-0.3, -0.25) is 4.79 Å². The van der Waals surface area contributed by atoms with Crippen LogP contribution in [0.4, 0.5) is 0 Å². The number of nitrogens with zero attached hydrogens (tertiary/aromatic N) is 2. The van der Waals surface area contributed by atoms with Crippen LogP contribution < -0.4 is 4.74 Å². The number of piperidine rings is 1. The van der Waals surface area contributed by atoms with Gasteiger partial charge in [-0.15, -0.1) is 0 Å². The Balaban J connectivity index is 1.33. The summed E-state index contributed by atoms with van der Waals surface area (Å²) in [7, 11) is 1.68. The first kappa shape index (κ1) is 20.0. The molecule has 0 radical (unpaired) electrons. The van der Waals surface area contributed by atoms with Gasteiger partial charge in [0.25, 0.3) is 5.91 Å². The van der Waals surface area contributed by atoms with Gasteiger partial charge in [-0.05, 0) is 57.0 Å². The monoisotopic (exact) mass is 406 g/mol. The SMILES string of the molecule is COCC1CCCN1C(=O)c1ccc(O[C@H]2C[C@H](N3CCCCC3)C2)cc1Cl. The summed E-state index contributed by atoms with van der Waals surface area (Å²) in [5.74, 6) is 0.753. The number of carbonyl (C=O) groups excluding carboxylic acids is 1. The number of carbonyl (C=O) groups is 1. The van der Waals surface area contributed by atoms with Gasteiger partial charge in [-0.1, -0.05) is 18.0 Å². The Hall–Kier alpha value is -1.30. The lowest BCUT2D eigenvalue weighted by Crippen LogP contribution is -2.50. The summed E-state index contributed by atoms with van der Waals surface area (Å²) in [6.07, 6.45) is 8.46. The molecule has 2 heterocycles. The van der Waals surface area contributed by atoms with Crippen LogP contribution in [0, 0.1) is 0 Å². The third-order valence-corrected chi connectivity index (χ3v) is 6.76. The second kappa shape index (κ2) is 9.02. The number of hydrogen-bond acceptors (Lipinski definition) is 4. The Kier molecular flexibility index (Phi) is 6.44. The highest BCUT2D eigenvalue weighted by Gasteiger charge is 2.36. The molecule has 2 aliphatic heterocycles. The third kappa shape index (κ3) is 4.32. The molecule has 28 heavy (non-hydrogen) atoms. The van der Waals surface area contributed by atoms with Gasteiger partial charge in [-0.2, -0.15) is 0 Å². The third-order valence-electron chi connectivity index (χ3n) is 6.45. The molecule has 4 rings (SSSR count). The Morgan fingerprint density at radius 3 is 2.64 bits per heavy atom. The fourth-order valence-corrected chi connectivity index (χ4v) is 5.03. The smallest absolute Gasteiger partial charge is 0.255 e. The zero-order valence-corrected chi connectivity index (χ0v) is 17.5. The van der Waals surface area contributed by atoms with E-state index in [1.807, 2.05) is 17.0 Å². The number of halogens is 1. The molecule has 1 atom stereocenters. The normalized spacial score (nSPS) is 28.2. The first-order valence-corrected chi connectivity index (χ1v) is 11.0. The summed E-state index contributed by atoms with van der Waals surface area (Å²) in [5.41, 5.74) is 0.553. The zero-order valence-electron chi connectivity index (χ0n) is 16.7. The van der Waals surface area contributed by atoms with E-state index in [4.69, 9.17) is 21.1 Å². The minimum Gasteiger partial charge on any atom is -0.490 e. The highest BCUT2D eigenvalue weighted by atomic mass is 35.5. The van der Waals surface area contributed by atoms with Crippen molar-refractivity contribution >= 4 is 17.5 Å². The van der Waals surface area contributed by atoms with E-state index in [0.717, 1.165) is 38.0 Å². The first-order valence-electron chi connectivity index (χ1n) is 10.7. The molecule has 6 heteroatoms. The summed E-state index contributed by atoms with van der Waals surface area (Å²) in [5, 5.41) is 0.470. The van der Waals surface area contributed by atoms with Crippen LogP contribution in [0.1, 0.15) is 55.3 Å². The largest absolute Gasteiger partial charge is 0.490 e. The van der Waals surface area contributed by atoms with E-state index in [-0.39, 0.29) is 18.1 Å². The highest BCUT2D eigenvalue weighted by Crippen LogP contribution is 2.33. The van der Waals surface area contributed by atoms with E-state index < -0.39 is 0 Å². The van der Waals surface area contributed by atoms with Crippen molar-refractivity contribution in [1.29, 1.82) is 0 Å². The van der Waals surface area contributed by atoms with Crippen LogP contribution >= 0.6 is 11.6 Å². The number of likely N-dealkylation sites (tertiary alicyclic amines) is 2. The van der Waals surface area contributed by atoms with Gasteiger partial charge in [0.05, 0.1) is 23.2 Å². The van der Waals surface area contributed by atoms with Crippen molar-refractivity contribution in [3.63, 3.8) is 0 Å². The van der Waals surface area contributed by atoms with E-state index in [2.05, 4.69) is 4.90 Å². The molecule has 1 amide bonds. The van der Waals surface area contributed by atoms with Crippen molar-refractivity contribution in [2.75, 3.05) is 33.4 Å². The predicted octanol–water partition coefficient (Wildman–Crippen LogP) is 3.99. The van der Waals surface area contributed by atoms with Crippen molar-refractivity contribution in [1.82, 2.24) is 9.80 Å². The number of amides is 1. The van der Waals surface area contributed by atoms with Gasteiger partial charge in [0.1, 0.15) is 11.9 Å². The topological polar surface area (TPSA) is 42.0 Å². The minimum atomic E-state index is -0.00935. The predicted molar refractivity (Wildman–Crippen MR) is 110 cm³/mol. The van der Waals surface area contributed by atoms with Crippen molar-refractivity contribution in [2.45, 2.75) is 63.1 Å². The number of methoxy groups -OCH3 is 1. The Morgan fingerprint density at radius 2 is 1.93 bits per heavy atom. The van der Waals surface area contributed by atoms with E-state index in [0.29, 0.717) is 23.2 Å². The number of hydrogen-bond donors (Lipinski definition) is 0. The molecule has 1 aromatic rings. The van der Waals surface area contributed by atoms with E-state index in [1.54, 1.807) is 13.2 Å². The fraction of sp³-hybridized carbons (Fsp3) is 0.682. The average Bonchev–Trinajstić information content (AvgIpc) is 3.13. The molecule has 154 valence electrons. The van der Waals surface area contributed by atoms with E-state index >= 15 is 0 Å².